The Morgan fingerprint density at radius 2 is 1.46 bits per heavy atom. The number of rotatable bonds is 7. The van der Waals surface area contributed by atoms with E-state index in [0.717, 1.165) is 11.4 Å². The van der Waals surface area contributed by atoms with Crippen molar-refractivity contribution in [2.75, 3.05) is 10.0 Å². The number of anilines is 2. The van der Waals surface area contributed by atoms with Crippen LogP contribution in [0.15, 0.2) is 96.2 Å². The highest BCUT2D eigenvalue weighted by atomic mass is 32.2. The molecule has 0 bridgehead atoms. The molecule has 5 aromatic rings. The largest absolute Gasteiger partial charge is 0.353 e. The van der Waals surface area contributed by atoms with Crippen LogP contribution in [0.3, 0.4) is 0 Å². The van der Waals surface area contributed by atoms with E-state index in [-0.39, 0.29) is 10.7 Å². The fourth-order valence-corrected chi connectivity index (χ4v) is 5.20. The summed E-state index contributed by atoms with van der Waals surface area (Å²) in [6.07, 6.45) is 3.58. The van der Waals surface area contributed by atoms with Crippen molar-refractivity contribution in [2.45, 2.75) is 17.9 Å². The minimum absolute atomic E-state index is 0.113. The molecule has 1 atom stereocenters. The Morgan fingerprint density at radius 1 is 0.829 bits per heavy atom. The molecule has 0 aliphatic heterocycles. The second-order valence-corrected chi connectivity index (χ2v) is 9.82. The van der Waals surface area contributed by atoms with Crippen molar-refractivity contribution in [3.63, 3.8) is 0 Å². The maximum atomic E-state index is 13.3. The summed E-state index contributed by atoms with van der Waals surface area (Å²) in [6.45, 7) is 1.76. The summed E-state index contributed by atoms with van der Waals surface area (Å²) < 4.78 is 31.2. The van der Waals surface area contributed by atoms with Gasteiger partial charge < -0.3 is 9.88 Å². The lowest BCUT2D eigenvalue weighted by atomic mass is 10.1. The Morgan fingerprint density at radius 3 is 2.11 bits per heavy atom. The number of nitrogens with zero attached hydrogens (tertiary/aromatic N) is 4. The molecule has 176 valence electrons. The van der Waals surface area contributed by atoms with Crippen LogP contribution in [0.4, 0.5) is 11.6 Å². The third kappa shape index (κ3) is 4.58. The van der Waals surface area contributed by atoms with Crippen LogP contribution in [0.5, 0.6) is 0 Å². The number of sulfonamides is 1. The standard InChI is InChI=1S/C26H24N6O2S/c1-18-10-6-9-15-22(18)35(33,34)31-25-24(28-20-13-7-8-14-21(20)29-25)30-23(19-11-4-3-5-12-19)26-27-16-17-32(26)2/h3-17,23H,1-2H3,(H,28,30)(H,29,31). The van der Waals surface area contributed by atoms with Crippen LogP contribution in [-0.2, 0) is 17.1 Å². The number of hydrogen-bond donors (Lipinski definition) is 2. The normalized spacial score (nSPS) is 12.4. The van der Waals surface area contributed by atoms with Crippen molar-refractivity contribution < 1.29 is 8.42 Å². The third-order valence-electron chi connectivity index (χ3n) is 5.72. The summed E-state index contributed by atoms with van der Waals surface area (Å²) in [4.78, 5) is 14.1. The van der Waals surface area contributed by atoms with Crippen LogP contribution in [0.25, 0.3) is 11.0 Å². The molecule has 0 fully saturated rings. The maximum absolute atomic E-state index is 13.3. The zero-order valence-electron chi connectivity index (χ0n) is 19.3. The first-order valence-corrected chi connectivity index (χ1v) is 12.5. The van der Waals surface area contributed by atoms with E-state index in [2.05, 4.69) is 20.0 Å². The van der Waals surface area contributed by atoms with Crippen molar-refractivity contribution in [3.05, 3.63) is 108 Å². The van der Waals surface area contributed by atoms with E-state index in [1.165, 1.54) is 0 Å². The molecule has 5 rings (SSSR count). The maximum Gasteiger partial charge on any atom is 0.263 e. The highest BCUT2D eigenvalue weighted by molar-refractivity contribution is 7.92. The second kappa shape index (κ2) is 9.19. The smallest absolute Gasteiger partial charge is 0.263 e. The zero-order valence-corrected chi connectivity index (χ0v) is 20.1. The number of para-hydroxylation sites is 2. The molecule has 1 unspecified atom stereocenters. The average Bonchev–Trinajstić information content (AvgIpc) is 3.28. The van der Waals surface area contributed by atoms with Gasteiger partial charge >= 0.3 is 0 Å². The number of imidazole rings is 1. The number of benzene rings is 3. The van der Waals surface area contributed by atoms with Gasteiger partial charge in [-0.15, -0.1) is 0 Å². The molecule has 0 saturated heterocycles. The van der Waals surface area contributed by atoms with Crippen molar-refractivity contribution in [3.8, 4) is 0 Å². The molecule has 2 aromatic heterocycles. The van der Waals surface area contributed by atoms with E-state index in [1.54, 1.807) is 43.5 Å². The molecule has 35 heavy (non-hydrogen) atoms. The molecule has 0 aliphatic carbocycles. The lowest BCUT2D eigenvalue weighted by Crippen LogP contribution is -2.21. The number of fused-ring (bicyclic) bond motifs is 1. The van der Waals surface area contributed by atoms with E-state index < -0.39 is 16.1 Å². The molecule has 3 aromatic carbocycles. The summed E-state index contributed by atoms with van der Waals surface area (Å²) in [7, 11) is -2.00. The quantitative estimate of drug-likeness (QED) is 0.348. The Bertz CT molecular complexity index is 1600. The predicted molar refractivity (Wildman–Crippen MR) is 137 cm³/mol. The fourth-order valence-electron chi connectivity index (χ4n) is 3.95. The Hall–Kier alpha value is -4.24. The lowest BCUT2D eigenvalue weighted by Gasteiger charge is -2.22. The molecule has 0 saturated carbocycles. The van der Waals surface area contributed by atoms with Gasteiger partial charge in [0.15, 0.2) is 11.6 Å². The Kier molecular flexibility index (Phi) is 5.92. The zero-order chi connectivity index (χ0) is 24.4. The van der Waals surface area contributed by atoms with Crippen LogP contribution in [-0.4, -0.2) is 27.9 Å². The monoisotopic (exact) mass is 484 g/mol. The summed E-state index contributed by atoms with van der Waals surface area (Å²) >= 11 is 0. The van der Waals surface area contributed by atoms with Crippen LogP contribution in [0, 0.1) is 6.92 Å². The van der Waals surface area contributed by atoms with Gasteiger partial charge in [0.1, 0.15) is 11.9 Å². The Balaban J connectivity index is 1.63. The third-order valence-corrected chi connectivity index (χ3v) is 7.21. The molecule has 0 radical (unpaired) electrons. The molecule has 0 amide bonds. The number of aromatic nitrogens is 4. The van der Waals surface area contributed by atoms with Gasteiger partial charge in [-0.2, -0.15) is 0 Å². The van der Waals surface area contributed by atoms with Gasteiger partial charge in [0, 0.05) is 19.4 Å². The Labute approximate surface area is 203 Å². The molecule has 9 heteroatoms. The number of aryl methyl sites for hydroxylation is 2. The first kappa shape index (κ1) is 22.5. The number of hydrogen-bond acceptors (Lipinski definition) is 6. The summed E-state index contributed by atoms with van der Waals surface area (Å²) in [5, 5.41) is 3.40. The van der Waals surface area contributed by atoms with E-state index in [1.807, 2.05) is 66.3 Å². The highest BCUT2D eigenvalue weighted by Gasteiger charge is 2.24. The number of nitrogens with one attached hydrogen (secondary N) is 2. The first-order chi connectivity index (χ1) is 16.9. The first-order valence-electron chi connectivity index (χ1n) is 11.1. The van der Waals surface area contributed by atoms with E-state index in [9.17, 15) is 8.42 Å². The van der Waals surface area contributed by atoms with E-state index in [4.69, 9.17) is 4.98 Å². The van der Waals surface area contributed by atoms with Crippen molar-refractivity contribution >= 4 is 32.7 Å². The van der Waals surface area contributed by atoms with Crippen LogP contribution in [0.1, 0.15) is 23.0 Å². The summed E-state index contributed by atoms with van der Waals surface area (Å²) in [5.41, 5.74) is 2.80. The van der Waals surface area contributed by atoms with Crippen molar-refractivity contribution in [1.82, 2.24) is 19.5 Å². The minimum Gasteiger partial charge on any atom is -0.353 e. The highest BCUT2D eigenvalue weighted by Crippen LogP contribution is 2.31. The van der Waals surface area contributed by atoms with E-state index >= 15 is 0 Å². The van der Waals surface area contributed by atoms with Crippen molar-refractivity contribution in [2.24, 2.45) is 7.05 Å². The average molecular weight is 485 g/mol. The van der Waals surface area contributed by atoms with Gasteiger partial charge in [-0.1, -0.05) is 60.7 Å². The molecule has 2 N–H and O–H groups in total. The van der Waals surface area contributed by atoms with Crippen molar-refractivity contribution in [1.29, 1.82) is 0 Å². The molecule has 0 spiro atoms. The van der Waals surface area contributed by atoms with Gasteiger partial charge in [0.25, 0.3) is 10.0 Å². The molecular formula is C26H24N6O2S. The predicted octanol–water partition coefficient (Wildman–Crippen LogP) is 4.67. The van der Waals surface area contributed by atoms with Gasteiger partial charge in [0.05, 0.1) is 15.9 Å². The molecule has 0 aliphatic rings. The van der Waals surface area contributed by atoms with Crippen LogP contribution >= 0.6 is 0 Å². The minimum atomic E-state index is -3.91. The molecule has 2 heterocycles. The summed E-state index contributed by atoms with van der Waals surface area (Å²) in [5.74, 6) is 1.17. The molecular weight excluding hydrogens is 460 g/mol. The van der Waals surface area contributed by atoms with E-state index in [0.29, 0.717) is 22.4 Å². The SMILES string of the molecule is Cc1ccccc1S(=O)(=O)Nc1nc2ccccc2nc1NC(c1ccccc1)c1nccn1C. The lowest BCUT2D eigenvalue weighted by molar-refractivity contribution is 0.600. The fraction of sp³-hybridized carbons (Fsp3) is 0.115. The van der Waals surface area contributed by atoms with Gasteiger partial charge in [-0.3, -0.25) is 4.72 Å². The van der Waals surface area contributed by atoms with Gasteiger partial charge in [-0.25, -0.2) is 23.4 Å². The van der Waals surface area contributed by atoms with Crippen LogP contribution in [0.2, 0.25) is 0 Å². The molecule has 8 nitrogen and oxygen atoms in total. The summed E-state index contributed by atoms with van der Waals surface area (Å²) in [6, 6.07) is 23.6. The second-order valence-electron chi connectivity index (χ2n) is 8.16. The van der Waals surface area contributed by atoms with Gasteiger partial charge in [0.2, 0.25) is 0 Å². The van der Waals surface area contributed by atoms with Crippen LogP contribution < -0.4 is 10.0 Å². The van der Waals surface area contributed by atoms with Gasteiger partial charge in [-0.05, 0) is 36.2 Å². The topological polar surface area (TPSA) is 102 Å².